The molecular formula is C48H27BN2OS. The maximum absolute atomic E-state index is 6.82. The van der Waals surface area contributed by atoms with E-state index in [1.165, 1.54) is 97.6 Å². The van der Waals surface area contributed by atoms with Crippen molar-refractivity contribution >= 4 is 104 Å². The molecular weight excluding hydrogens is 663 g/mol. The summed E-state index contributed by atoms with van der Waals surface area (Å²) in [6.07, 6.45) is 0. The number of furan rings is 1. The number of hydrogen-bond acceptors (Lipinski definition) is 3. The fourth-order valence-electron chi connectivity index (χ4n) is 9.64. The lowest BCUT2D eigenvalue weighted by Crippen LogP contribution is -2.60. The third kappa shape index (κ3) is 3.55. The minimum absolute atomic E-state index is 0.0687. The van der Waals surface area contributed by atoms with Crippen molar-refractivity contribution in [1.82, 2.24) is 4.57 Å². The molecule has 0 fully saturated rings. The minimum Gasteiger partial charge on any atom is -0.456 e. The van der Waals surface area contributed by atoms with Crippen molar-refractivity contribution < 1.29 is 4.42 Å². The van der Waals surface area contributed by atoms with Gasteiger partial charge in [-0.2, -0.15) is 0 Å². The van der Waals surface area contributed by atoms with Crippen LogP contribution in [-0.4, -0.2) is 11.4 Å². The van der Waals surface area contributed by atoms with E-state index in [4.69, 9.17) is 4.42 Å². The van der Waals surface area contributed by atoms with Gasteiger partial charge in [0.2, 0.25) is 0 Å². The molecule has 0 unspecified atom stereocenters. The van der Waals surface area contributed by atoms with Crippen LogP contribution < -0.4 is 15.7 Å². The number of nitrogens with zero attached hydrogens (tertiary/aromatic N) is 2. The summed E-state index contributed by atoms with van der Waals surface area (Å²) in [5, 5.41) is 8.76. The fourth-order valence-corrected chi connectivity index (χ4v) is 10.9. The van der Waals surface area contributed by atoms with Crippen LogP contribution in [0.5, 0.6) is 0 Å². The van der Waals surface area contributed by atoms with Crippen molar-refractivity contribution in [3.05, 3.63) is 164 Å². The molecule has 5 heteroatoms. The number of fused-ring (bicyclic) bond motifs is 15. The van der Waals surface area contributed by atoms with E-state index in [-0.39, 0.29) is 6.85 Å². The van der Waals surface area contributed by atoms with Crippen LogP contribution >= 0.6 is 11.3 Å². The summed E-state index contributed by atoms with van der Waals surface area (Å²) < 4.78 is 10.7. The Morgan fingerprint density at radius 2 is 1.28 bits per heavy atom. The molecule has 0 radical (unpaired) electrons. The lowest BCUT2D eigenvalue weighted by Gasteiger charge is -2.42. The summed E-state index contributed by atoms with van der Waals surface area (Å²) in [6.45, 7) is -0.0687. The lowest BCUT2D eigenvalue weighted by atomic mass is 9.43. The van der Waals surface area contributed by atoms with E-state index in [9.17, 15) is 0 Å². The second-order valence-electron chi connectivity index (χ2n) is 14.4. The van der Waals surface area contributed by atoms with Gasteiger partial charge in [0.1, 0.15) is 16.0 Å². The smallest absolute Gasteiger partial charge is 0.333 e. The highest BCUT2D eigenvalue weighted by molar-refractivity contribution is 7.26. The molecule has 13 rings (SSSR count). The molecule has 8 aromatic carbocycles. The van der Waals surface area contributed by atoms with E-state index < -0.39 is 0 Å². The van der Waals surface area contributed by atoms with Gasteiger partial charge in [-0.25, -0.2) is 0 Å². The van der Waals surface area contributed by atoms with Crippen molar-refractivity contribution in [2.45, 2.75) is 0 Å². The van der Waals surface area contributed by atoms with Gasteiger partial charge in [0.25, 0.3) is 0 Å². The maximum Gasteiger partial charge on any atom is 0.333 e. The standard InChI is InChI=1S/C48H27BN2OS/c1-2-11-28(12-3-1)29-21-24-31(25-22-29)51-38-26-23-30-13-4-5-14-32(30)42(38)36-27-40-44(33-15-6-8-19-39(33)52-40)47-45(36)49(51)37-18-10-17-35-43-34-16-7-9-20-41(34)53-48(43)50(47)46(35)37/h1-27H. The molecule has 3 aromatic heterocycles. The number of thiophene rings is 1. The predicted octanol–water partition coefficient (Wildman–Crippen LogP) is 12.0. The molecule has 5 heterocycles. The average Bonchev–Trinajstić information content (AvgIpc) is 3.89. The van der Waals surface area contributed by atoms with E-state index >= 15 is 0 Å². The normalized spacial score (nSPS) is 13.2. The zero-order valence-corrected chi connectivity index (χ0v) is 29.2. The molecule has 11 aromatic rings. The fraction of sp³-hybridized carbons (Fsp3) is 0. The lowest BCUT2D eigenvalue weighted by molar-refractivity contribution is 0.669. The van der Waals surface area contributed by atoms with Gasteiger partial charge < -0.3 is 13.8 Å². The van der Waals surface area contributed by atoms with Gasteiger partial charge in [0.05, 0.1) is 16.6 Å². The Kier molecular flexibility index (Phi) is 5.33. The Morgan fingerprint density at radius 3 is 2.17 bits per heavy atom. The molecule has 0 bridgehead atoms. The zero-order chi connectivity index (χ0) is 34.4. The molecule has 0 atom stereocenters. The molecule has 0 N–H and O–H groups in total. The molecule has 53 heavy (non-hydrogen) atoms. The highest BCUT2D eigenvalue weighted by Crippen LogP contribution is 2.51. The Morgan fingerprint density at radius 1 is 0.547 bits per heavy atom. The third-order valence-electron chi connectivity index (χ3n) is 11.8. The van der Waals surface area contributed by atoms with Crippen molar-refractivity contribution in [2.75, 3.05) is 4.81 Å². The van der Waals surface area contributed by atoms with Gasteiger partial charge in [0, 0.05) is 43.2 Å². The number of aromatic nitrogens is 1. The summed E-state index contributed by atoms with van der Waals surface area (Å²) in [4.78, 5) is 3.91. The quantitative estimate of drug-likeness (QED) is 0.168. The first-order valence-electron chi connectivity index (χ1n) is 18.2. The summed E-state index contributed by atoms with van der Waals surface area (Å²) in [7, 11) is 0. The Bertz CT molecular complexity index is 3350. The summed E-state index contributed by atoms with van der Waals surface area (Å²) in [6, 6.07) is 60.1. The van der Waals surface area contributed by atoms with Crippen molar-refractivity contribution in [3.8, 4) is 27.9 Å². The van der Waals surface area contributed by atoms with Gasteiger partial charge in [-0.05, 0) is 74.8 Å². The van der Waals surface area contributed by atoms with E-state index in [1.54, 1.807) is 0 Å². The first-order valence-corrected chi connectivity index (χ1v) is 19.0. The zero-order valence-electron chi connectivity index (χ0n) is 28.4. The molecule has 2 aliphatic rings. The van der Waals surface area contributed by atoms with Gasteiger partial charge in [-0.3, -0.25) is 0 Å². The SMILES string of the molecule is c1ccc(-c2ccc(N3B4c5c(cc6oc7ccccc7c6c5-n5c6sc7ccccc7c6c6cccc4c65)-c4c3ccc3ccccc43)cc2)cc1. The van der Waals surface area contributed by atoms with E-state index in [2.05, 4.69) is 173 Å². The molecule has 0 saturated heterocycles. The van der Waals surface area contributed by atoms with Gasteiger partial charge in [-0.1, -0.05) is 127 Å². The molecule has 244 valence electrons. The number of para-hydroxylation sites is 2. The van der Waals surface area contributed by atoms with E-state index in [1.807, 2.05) is 11.3 Å². The third-order valence-corrected chi connectivity index (χ3v) is 12.9. The largest absolute Gasteiger partial charge is 0.456 e. The van der Waals surface area contributed by atoms with E-state index in [0.717, 1.165) is 16.6 Å². The predicted molar refractivity (Wildman–Crippen MR) is 225 cm³/mol. The van der Waals surface area contributed by atoms with Gasteiger partial charge >= 0.3 is 6.85 Å². The number of rotatable bonds is 2. The van der Waals surface area contributed by atoms with Crippen LogP contribution in [0.25, 0.3) is 91.9 Å². The summed E-state index contributed by atoms with van der Waals surface area (Å²) >= 11 is 1.90. The molecule has 0 amide bonds. The van der Waals surface area contributed by atoms with Gasteiger partial charge in [0.15, 0.2) is 0 Å². The van der Waals surface area contributed by atoms with Crippen LogP contribution in [0.3, 0.4) is 0 Å². The van der Waals surface area contributed by atoms with Crippen molar-refractivity contribution in [1.29, 1.82) is 0 Å². The molecule has 0 spiro atoms. The summed E-state index contributed by atoms with van der Waals surface area (Å²) in [5.41, 5.74) is 14.3. The Hall–Kier alpha value is -6.56. The highest BCUT2D eigenvalue weighted by Gasteiger charge is 2.45. The number of anilines is 2. The van der Waals surface area contributed by atoms with E-state index in [0.29, 0.717) is 0 Å². The highest BCUT2D eigenvalue weighted by atomic mass is 32.1. The molecule has 2 aliphatic heterocycles. The Balaban J connectivity index is 1.24. The number of benzene rings is 8. The molecule has 0 aliphatic carbocycles. The van der Waals surface area contributed by atoms with Crippen LogP contribution in [0.4, 0.5) is 11.4 Å². The second-order valence-corrected chi connectivity index (χ2v) is 15.4. The first-order chi connectivity index (χ1) is 26.3. The van der Waals surface area contributed by atoms with Crippen LogP contribution in [0.1, 0.15) is 0 Å². The first kappa shape index (κ1) is 28.1. The summed E-state index contributed by atoms with van der Waals surface area (Å²) in [5.74, 6) is 0. The van der Waals surface area contributed by atoms with Crippen LogP contribution in [0.15, 0.2) is 168 Å². The van der Waals surface area contributed by atoms with Crippen molar-refractivity contribution in [2.24, 2.45) is 0 Å². The van der Waals surface area contributed by atoms with Crippen LogP contribution in [0, 0.1) is 0 Å². The maximum atomic E-state index is 6.82. The number of hydrogen-bond donors (Lipinski definition) is 0. The van der Waals surface area contributed by atoms with Crippen LogP contribution in [0.2, 0.25) is 0 Å². The van der Waals surface area contributed by atoms with Gasteiger partial charge in [-0.15, -0.1) is 11.3 Å². The second kappa shape index (κ2) is 10.1. The molecule has 0 saturated carbocycles. The average molecular weight is 691 g/mol. The molecule has 3 nitrogen and oxygen atoms in total. The Labute approximate surface area is 308 Å². The monoisotopic (exact) mass is 690 g/mol. The minimum atomic E-state index is -0.0687. The topological polar surface area (TPSA) is 21.3 Å². The van der Waals surface area contributed by atoms with Crippen LogP contribution in [-0.2, 0) is 0 Å². The van der Waals surface area contributed by atoms with Crippen molar-refractivity contribution in [3.63, 3.8) is 0 Å².